The molecule has 0 unspecified atom stereocenters. The number of rotatable bonds is 4. The number of nitro groups is 1. The Morgan fingerprint density at radius 2 is 2.05 bits per heavy atom. The van der Waals surface area contributed by atoms with Gasteiger partial charge in [-0.05, 0) is 34.7 Å². The summed E-state index contributed by atoms with van der Waals surface area (Å²) in [5, 5.41) is 13.2. The summed E-state index contributed by atoms with van der Waals surface area (Å²) in [6.07, 6.45) is 0. The third-order valence-electron chi connectivity index (χ3n) is 2.32. The van der Waals surface area contributed by atoms with E-state index >= 15 is 0 Å². The molecule has 100 valence electrons. The van der Waals surface area contributed by atoms with Gasteiger partial charge in [0.2, 0.25) is 5.82 Å². The Labute approximate surface area is 119 Å². The summed E-state index contributed by atoms with van der Waals surface area (Å²) >= 11 is 1.97. The van der Waals surface area contributed by atoms with Crippen molar-refractivity contribution in [2.45, 2.75) is 6.54 Å². The molecular weight excluding hydrogens is 373 g/mol. The number of nitro benzene ring substituents is 1. The molecule has 0 fully saturated rings. The fourth-order valence-electron chi connectivity index (χ4n) is 1.44. The van der Waals surface area contributed by atoms with E-state index in [9.17, 15) is 18.9 Å². The maximum atomic E-state index is 13.4. The van der Waals surface area contributed by atoms with E-state index in [1.54, 1.807) is 12.1 Å². The van der Waals surface area contributed by atoms with Crippen LogP contribution in [0.3, 0.4) is 0 Å². The predicted molar refractivity (Wildman–Crippen MR) is 71.8 cm³/mol. The van der Waals surface area contributed by atoms with E-state index in [-0.39, 0.29) is 12.2 Å². The van der Waals surface area contributed by atoms with Gasteiger partial charge in [-0.3, -0.25) is 10.1 Å². The summed E-state index contributed by atoms with van der Waals surface area (Å²) in [6.45, 7) is 0.142. The van der Waals surface area contributed by atoms with E-state index in [0.29, 0.717) is 15.6 Å². The lowest BCUT2D eigenvalue weighted by molar-refractivity contribution is -0.387. The van der Waals surface area contributed by atoms with Gasteiger partial charge in [0.25, 0.3) is 0 Å². The second-order valence-corrected chi connectivity index (χ2v) is 4.66. The fourth-order valence-corrected chi connectivity index (χ4v) is 1.90. The molecule has 0 aliphatic heterocycles. The minimum absolute atomic E-state index is 0.142. The van der Waals surface area contributed by atoms with Gasteiger partial charge in [0, 0.05) is 12.1 Å². The van der Waals surface area contributed by atoms with Crippen molar-refractivity contribution in [1.82, 2.24) is 0 Å². The number of benzene rings is 1. The number of nitrogens with zero attached hydrogens (tertiary/aromatic N) is 1. The Morgan fingerprint density at radius 3 is 2.63 bits per heavy atom. The topological polar surface area (TPSA) is 68.3 Å². The highest BCUT2D eigenvalue weighted by molar-refractivity contribution is 14.1. The highest BCUT2D eigenvalue weighted by Gasteiger charge is 2.18. The molecule has 2 rings (SSSR count). The molecule has 0 saturated carbocycles. The molecule has 1 aromatic carbocycles. The van der Waals surface area contributed by atoms with E-state index in [4.69, 9.17) is 4.42 Å². The molecule has 1 heterocycles. The molecule has 0 aliphatic rings. The van der Waals surface area contributed by atoms with Crippen LogP contribution in [0.25, 0.3) is 0 Å². The average molecular weight is 380 g/mol. The van der Waals surface area contributed by atoms with Crippen LogP contribution in [0, 0.1) is 25.5 Å². The second-order valence-electron chi connectivity index (χ2n) is 3.60. The Morgan fingerprint density at radius 1 is 1.32 bits per heavy atom. The van der Waals surface area contributed by atoms with Gasteiger partial charge in [-0.1, -0.05) is 0 Å². The summed E-state index contributed by atoms with van der Waals surface area (Å²) in [7, 11) is 0. The van der Waals surface area contributed by atoms with E-state index in [0.717, 1.165) is 6.07 Å². The highest BCUT2D eigenvalue weighted by atomic mass is 127. The van der Waals surface area contributed by atoms with Crippen LogP contribution < -0.4 is 5.32 Å². The molecule has 0 bridgehead atoms. The van der Waals surface area contributed by atoms with Crippen molar-refractivity contribution in [2.75, 3.05) is 5.32 Å². The largest absolute Gasteiger partial charge is 0.454 e. The molecule has 0 amide bonds. The molecule has 8 heteroatoms. The Kier molecular flexibility index (Phi) is 3.98. The van der Waals surface area contributed by atoms with Crippen LogP contribution >= 0.6 is 22.6 Å². The summed E-state index contributed by atoms with van der Waals surface area (Å²) in [5.74, 6) is -1.57. The van der Waals surface area contributed by atoms with Gasteiger partial charge < -0.3 is 9.73 Å². The number of halogens is 3. The van der Waals surface area contributed by atoms with Crippen LogP contribution in [0.15, 0.2) is 28.7 Å². The summed E-state index contributed by atoms with van der Waals surface area (Å²) < 4.78 is 32.5. The standard InChI is InChI=1S/C11H7F2IN2O3/c12-7-3-8(13)10(16(17)18)4-9(7)15-5-6-1-2-11(14)19-6/h1-4,15H,5H2. The van der Waals surface area contributed by atoms with Crippen molar-refractivity contribution in [2.24, 2.45) is 0 Å². The SMILES string of the molecule is O=[N+]([O-])c1cc(NCc2ccc(I)o2)c(F)cc1F. The molecule has 0 spiro atoms. The Balaban J connectivity index is 2.20. The lowest BCUT2D eigenvalue weighted by Crippen LogP contribution is -2.03. The van der Waals surface area contributed by atoms with Gasteiger partial charge in [0.15, 0.2) is 3.77 Å². The first-order chi connectivity index (χ1) is 8.97. The number of hydrogen-bond acceptors (Lipinski definition) is 4. The minimum atomic E-state index is -1.21. The number of furan rings is 1. The van der Waals surface area contributed by atoms with Gasteiger partial charge in [-0.15, -0.1) is 0 Å². The minimum Gasteiger partial charge on any atom is -0.454 e. The molecule has 0 aliphatic carbocycles. The first kappa shape index (κ1) is 13.7. The van der Waals surface area contributed by atoms with Gasteiger partial charge >= 0.3 is 5.69 Å². The molecule has 1 aromatic heterocycles. The summed E-state index contributed by atoms with van der Waals surface area (Å²) in [4.78, 5) is 9.65. The molecule has 0 atom stereocenters. The maximum Gasteiger partial charge on any atom is 0.307 e. The molecular formula is C11H7F2IN2O3. The normalized spacial score (nSPS) is 10.5. The second kappa shape index (κ2) is 5.51. The zero-order valence-electron chi connectivity index (χ0n) is 9.32. The Bertz CT molecular complexity index is 630. The molecule has 19 heavy (non-hydrogen) atoms. The van der Waals surface area contributed by atoms with Crippen molar-refractivity contribution < 1.29 is 18.1 Å². The molecule has 0 radical (unpaired) electrons. The van der Waals surface area contributed by atoms with Crippen LogP contribution in [0.1, 0.15) is 5.76 Å². The van der Waals surface area contributed by atoms with Crippen molar-refractivity contribution >= 4 is 34.0 Å². The molecule has 5 nitrogen and oxygen atoms in total. The fraction of sp³-hybridized carbons (Fsp3) is 0.0909. The highest BCUT2D eigenvalue weighted by Crippen LogP contribution is 2.25. The van der Waals surface area contributed by atoms with Crippen LogP contribution in [-0.2, 0) is 6.54 Å². The van der Waals surface area contributed by atoms with Crippen molar-refractivity contribution in [1.29, 1.82) is 0 Å². The molecule has 0 saturated heterocycles. The maximum absolute atomic E-state index is 13.4. The van der Waals surface area contributed by atoms with Crippen molar-refractivity contribution in [3.63, 3.8) is 0 Å². The van der Waals surface area contributed by atoms with E-state index in [1.165, 1.54) is 0 Å². The van der Waals surface area contributed by atoms with Crippen LogP contribution in [0.5, 0.6) is 0 Å². The first-order valence-corrected chi connectivity index (χ1v) is 6.17. The molecule has 1 N–H and O–H groups in total. The van der Waals surface area contributed by atoms with Gasteiger partial charge in [-0.25, -0.2) is 4.39 Å². The summed E-state index contributed by atoms with van der Waals surface area (Å²) in [6, 6.07) is 4.70. The van der Waals surface area contributed by atoms with Gasteiger partial charge in [0.1, 0.15) is 11.6 Å². The first-order valence-electron chi connectivity index (χ1n) is 5.09. The summed E-state index contributed by atoms with van der Waals surface area (Å²) in [5.41, 5.74) is -0.933. The van der Waals surface area contributed by atoms with E-state index in [1.807, 2.05) is 22.6 Å². The number of hydrogen-bond donors (Lipinski definition) is 1. The van der Waals surface area contributed by atoms with Crippen molar-refractivity contribution in [3.05, 3.63) is 55.5 Å². The average Bonchev–Trinajstić information content (AvgIpc) is 2.73. The monoisotopic (exact) mass is 380 g/mol. The number of anilines is 1. The lowest BCUT2D eigenvalue weighted by atomic mass is 10.2. The van der Waals surface area contributed by atoms with Crippen molar-refractivity contribution in [3.8, 4) is 0 Å². The molecule has 2 aromatic rings. The van der Waals surface area contributed by atoms with Crippen LogP contribution in [0.2, 0.25) is 0 Å². The number of nitrogens with one attached hydrogen (secondary N) is 1. The quantitative estimate of drug-likeness (QED) is 0.499. The zero-order chi connectivity index (χ0) is 14.0. The third kappa shape index (κ3) is 3.19. The van der Waals surface area contributed by atoms with Crippen LogP contribution in [0.4, 0.5) is 20.2 Å². The Hall–Kier alpha value is -1.71. The van der Waals surface area contributed by atoms with Crippen LogP contribution in [-0.4, -0.2) is 4.92 Å². The van der Waals surface area contributed by atoms with Gasteiger partial charge in [0.05, 0.1) is 17.2 Å². The third-order valence-corrected chi connectivity index (χ3v) is 2.89. The smallest absolute Gasteiger partial charge is 0.307 e. The predicted octanol–water partition coefficient (Wildman–Crippen LogP) is 3.68. The lowest BCUT2D eigenvalue weighted by Gasteiger charge is -2.06. The zero-order valence-corrected chi connectivity index (χ0v) is 11.5. The van der Waals surface area contributed by atoms with Gasteiger partial charge in [-0.2, -0.15) is 4.39 Å². The van der Waals surface area contributed by atoms with E-state index in [2.05, 4.69) is 5.32 Å². The van der Waals surface area contributed by atoms with E-state index < -0.39 is 22.2 Å².